The normalized spacial score (nSPS) is 13.9. The molecule has 3 N–H and O–H groups in total. The molecule has 1 aromatic carbocycles. The summed E-state index contributed by atoms with van der Waals surface area (Å²) in [5, 5.41) is 2.94. The van der Waals surface area contributed by atoms with E-state index >= 15 is 0 Å². The molecule has 5 nitrogen and oxygen atoms in total. The van der Waals surface area contributed by atoms with Crippen LogP contribution in [0.5, 0.6) is 0 Å². The van der Waals surface area contributed by atoms with Gasteiger partial charge in [0.2, 0.25) is 5.91 Å². The van der Waals surface area contributed by atoms with Crippen LogP contribution in [0.25, 0.3) is 0 Å². The fourth-order valence-corrected chi connectivity index (χ4v) is 2.95. The van der Waals surface area contributed by atoms with Crippen molar-refractivity contribution in [3.8, 4) is 0 Å². The number of aryl methyl sites for hydroxylation is 1. The van der Waals surface area contributed by atoms with Crippen LogP contribution < -0.4 is 16.0 Å². The zero-order chi connectivity index (χ0) is 16.8. The molecule has 0 radical (unpaired) electrons. The van der Waals surface area contributed by atoms with Crippen molar-refractivity contribution in [2.24, 2.45) is 0 Å². The molecule has 0 unspecified atom stereocenters. The van der Waals surface area contributed by atoms with Gasteiger partial charge < -0.3 is 16.0 Å². The molecule has 5 heteroatoms. The number of carbonyl (C=O) groups excluding carboxylic acids is 1. The summed E-state index contributed by atoms with van der Waals surface area (Å²) in [6.45, 7) is 2.69. The van der Waals surface area contributed by atoms with Crippen LogP contribution in [0.15, 0.2) is 42.6 Å². The Kier molecular flexibility index (Phi) is 5.31. The topological polar surface area (TPSA) is 71.2 Å². The van der Waals surface area contributed by atoms with E-state index in [-0.39, 0.29) is 5.91 Å². The zero-order valence-electron chi connectivity index (χ0n) is 13.9. The van der Waals surface area contributed by atoms with Crippen LogP contribution in [0.1, 0.15) is 30.4 Å². The van der Waals surface area contributed by atoms with E-state index in [2.05, 4.69) is 15.2 Å². The van der Waals surface area contributed by atoms with Crippen LogP contribution in [0.2, 0.25) is 0 Å². The van der Waals surface area contributed by atoms with Gasteiger partial charge in [0.15, 0.2) is 0 Å². The second-order valence-corrected chi connectivity index (χ2v) is 6.19. The quantitative estimate of drug-likeness (QED) is 0.801. The highest BCUT2D eigenvalue weighted by Crippen LogP contribution is 2.17. The molecule has 2 heterocycles. The second-order valence-electron chi connectivity index (χ2n) is 6.19. The minimum Gasteiger partial charge on any atom is -0.399 e. The van der Waals surface area contributed by atoms with Crippen molar-refractivity contribution >= 4 is 17.4 Å². The van der Waals surface area contributed by atoms with Crippen LogP contribution in [0.3, 0.4) is 0 Å². The molecule has 0 aliphatic carbocycles. The van der Waals surface area contributed by atoms with E-state index in [4.69, 9.17) is 5.73 Å². The molecule has 1 amide bonds. The molecule has 1 aliphatic rings. The number of pyridine rings is 1. The number of aromatic nitrogens is 1. The Labute approximate surface area is 142 Å². The first-order valence-electron chi connectivity index (χ1n) is 8.52. The zero-order valence-corrected chi connectivity index (χ0v) is 13.9. The minimum atomic E-state index is 0.0295. The molecule has 1 saturated heterocycles. The Hall–Kier alpha value is -2.56. The third-order valence-electron chi connectivity index (χ3n) is 4.41. The number of nitrogen functional groups attached to an aromatic ring is 1. The smallest absolute Gasteiger partial charge is 0.220 e. The average Bonchev–Trinajstić information content (AvgIpc) is 3.14. The number of hydrogen-bond acceptors (Lipinski definition) is 4. The Morgan fingerprint density at radius 1 is 1.17 bits per heavy atom. The number of nitrogens with zero attached hydrogens (tertiary/aromatic N) is 2. The number of anilines is 2. The van der Waals surface area contributed by atoms with Crippen molar-refractivity contribution < 1.29 is 4.79 Å². The molecule has 1 aromatic heterocycles. The molecule has 0 spiro atoms. The van der Waals surface area contributed by atoms with Crippen LogP contribution in [0, 0.1) is 0 Å². The lowest BCUT2D eigenvalue weighted by molar-refractivity contribution is -0.121. The van der Waals surface area contributed by atoms with Crippen molar-refractivity contribution in [3.05, 3.63) is 53.7 Å². The minimum absolute atomic E-state index is 0.0295. The monoisotopic (exact) mass is 324 g/mol. The Morgan fingerprint density at radius 3 is 2.67 bits per heavy atom. The lowest BCUT2D eigenvalue weighted by Gasteiger charge is -2.16. The number of amides is 1. The molecule has 1 fully saturated rings. The van der Waals surface area contributed by atoms with Gasteiger partial charge in [0, 0.05) is 37.9 Å². The van der Waals surface area contributed by atoms with E-state index in [0.717, 1.165) is 35.7 Å². The first-order chi connectivity index (χ1) is 11.7. The Balaban J connectivity index is 1.45. The number of carbonyl (C=O) groups is 1. The molecule has 24 heavy (non-hydrogen) atoms. The van der Waals surface area contributed by atoms with Crippen LogP contribution in [-0.4, -0.2) is 24.0 Å². The summed E-state index contributed by atoms with van der Waals surface area (Å²) in [6.07, 6.45) is 5.43. The molecule has 0 bridgehead atoms. The SMILES string of the molecule is Nc1ccccc1CCC(=O)NCc1ccc(N2CCCC2)nc1. The summed E-state index contributed by atoms with van der Waals surface area (Å²) < 4.78 is 0. The van der Waals surface area contributed by atoms with Gasteiger partial charge in [-0.2, -0.15) is 0 Å². The maximum absolute atomic E-state index is 12.0. The van der Waals surface area contributed by atoms with Crippen LogP contribution in [-0.2, 0) is 17.8 Å². The third-order valence-corrected chi connectivity index (χ3v) is 4.41. The maximum Gasteiger partial charge on any atom is 0.220 e. The Bertz CT molecular complexity index is 678. The van der Waals surface area contributed by atoms with Gasteiger partial charge in [-0.1, -0.05) is 24.3 Å². The van der Waals surface area contributed by atoms with Gasteiger partial charge >= 0.3 is 0 Å². The molecule has 0 atom stereocenters. The van der Waals surface area contributed by atoms with Gasteiger partial charge in [-0.25, -0.2) is 4.98 Å². The number of benzene rings is 1. The van der Waals surface area contributed by atoms with E-state index in [1.807, 2.05) is 42.6 Å². The van der Waals surface area contributed by atoms with Crippen molar-refractivity contribution in [2.75, 3.05) is 23.7 Å². The molecule has 1 aliphatic heterocycles. The standard InChI is InChI=1S/C19H24N4O/c20-17-6-2-1-5-16(17)8-10-19(24)22-14-15-7-9-18(21-13-15)23-11-3-4-12-23/h1-2,5-7,9,13H,3-4,8,10-12,14,20H2,(H,22,24). The van der Waals surface area contributed by atoms with Crippen molar-refractivity contribution in [1.82, 2.24) is 10.3 Å². The maximum atomic E-state index is 12.0. The number of hydrogen-bond donors (Lipinski definition) is 2. The highest BCUT2D eigenvalue weighted by molar-refractivity contribution is 5.76. The highest BCUT2D eigenvalue weighted by atomic mass is 16.1. The van der Waals surface area contributed by atoms with Crippen molar-refractivity contribution in [3.63, 3.8) is 0 Å². The largest absolute Gasteiger partial charge is 0.399 e. The summed E-state index contributed by atoms with van der Waals surface area (Å²) in [5.41, 5.74) is 8.67. The van der Waals surface area contributed by atoms with Gasteiger partial charge in [-0.3, -0.25) is 4.79 Å². The van der Waals surface area contributed by atoms with Gasteiger partial charge in [0.05, 0.1) is 0 Å². The van der Waals surface area contributed by atoms with Gasteiger partial charge in [0.1, 0.15) is 5.82 Å². The summed E-state index contributed by atoms with van der Waals surface area (Å²) in [6, 6.07) is 11.7. The predicted octanol–water partition coefficient (Wildman–Crippen LogP) is 2.51. The van der Waals surface area contributed by atoms with Crippen molar-refractivity contribution in [2.45, 2.75) is 32.2 Å². The summed E-state index contributed by atoms with van der Waals surface area (Å²) in [4.78, 5) is 18.8. The second kappa shape index (κ2) is 7.81. The molecule has 2 aromatic rings. The van der Waals surface area contributed by atoms with E-state index in [0.29, 0.717) is 19.4 Å². The highest BCUT2D eigenvalue weighted by Gasteiger charge is 2.13. The predicted molar refractivity (Wildman–Crippen MR) is 96.7 cm³/mol. The number of para-hydroxylation sites is 1. The van der Waals surface area contributed by atoms with Gasteiger partial charge in [-0.15, -0.1) is 0 Å². The molecule has 126 valence electrons. The first kappa shape index (κ1) is 16.3. The number of nitrogens with two attached hydrogens (primary N) is 1. The summed E-state index contributed by atoms with van der Waals surface area (Å²) in [7, 11) is 0. The molecular formula is C19H24N4O. The summed E-state index contributed by atoms with van der Waals surface area (Å²) in [5.74, 6) is 1.06. The average molecular weight is 324 g/mol. The molecule has 3 rings (SSSR count). The van der Waals surface area contributed by atoms with E-state index < -0.39 is 0 Å². The third kappa shape index (κ3) is 4.25. The van der Waals surface area contributed by atoms with Crippen molar-refractivity contribution in [1.29, 1.82) is 0 Å². The van der Waals surface area contributed by atoms with E-state index in [1.165, 1.54) is 12.8 Å². The fourth-order valence-electron chi connectivity index (χ4n) is 2.95. The number of rotatable bonds is 6. The Morgan fingerprint density at radius 2 is 1.96 bits per heavy atom. The van der Waals surface area contributed by atoms with E-state index in [9.17, 15) is 4.79 Å². The first-order valence-corrected chi connectivity index (χ1v) is 8.52. The fraction of sp³-hybridized carbons (Fsp3) is 0.368. The number of nitrogens with one attached hydrogen (secondary N) is 1. The van der Waals surface area contributed by atoms with E-state index in [1.54, 1.807) is 0 Å². The van der Waals surface area contributed by atoms with Crippen LogP contribution >= 0.6 is 0 Å². The molecule has 0 saturated carbocycles. The van der Waals surface area contributed by atoms with Gasteiger partial charge in [0.25, 0.3) is 0 Å². The lowest BCUT2D eigenvalue weighted by Crippen LogP contribution is -2.23. The molecular weight excluding hydrogens is 300 g/mol. The lowest BCUT2D eigenvalue weighted by atomic mass is 10.1. The summed E-state index contributed by atoms with van der Waals surface area (Å²) >= 11 is 0. The van der Waals surface area contributed by atoms with Crippen LogP contribution in [0.4, 0.5) is 11.5 Å². The van der Waals surface area contributed by atoms with Gasteiger partial charge in [-0.05, 0) is 42.5 Å².